The Hall–Kier alpha value is -1.69. The first-order valence-electron chi connectivity index (χ1n) is 8.49. The number of hydrogen-bond acceptors (Lipinski definition) is 5. The van der Waals surface area contributed by atoms with E-state index < -0.39 is 0 Å². The van der Waals surface area contributed by atoms with Crippen LogP contribution in [0.3, 0.4) is 0 Å². The summed E-state index contributed by atoms with van der Waals surface area (Å²) in [5.74, 6) is 0.972. The van der Waals surface area contributed by atoms with Crippen LogP contribution in [0.25, 0.3) is 21.3 Å². The number of thiophene rings is 1. The second-order valence-electron chi connectivity index (χ2n) is 6.75. The lowest BCUT2D eigenvalue weighted by Gasteiger charge is -2.33. The average molecular weight is 373 g/mol. The van der Waals surface area contributed by atoms with Crippen molar-refractivity contribution in [1.29, 1.82) is 0 Å². The largest absolute Gasteiger partial charge is 0.353 e. The van der Waals surface area contributed by atoms with Crippen molar-refractivity contribution in [2.24, 2.45) is 0 Å². The van der Waals surface area contributed by atoms with Gasteiger partial charge in [0, 0.05) is 37.1 Å². The van der Waals surface area contributed by atoms with Crippen LogP contribution in [0.15, 0.2) is 23.6 Å². The Balaban J connectivity index is 1.89. The Kier molecular flexibility index (Phi) is 4.40. The molecule has 4 nitrogen and oxygen atoms in total. The maximum absolute atomic E-state index is 6.23. The zero-order valence-electron chi connectivity index (χ0n) is 14.7. The summed E-state index contributed by atoms with van der Waals surface area (Å²) in [6, 6.07) is 6.60. The molecule has 2 aromatic heterocycles. The number of aromatic nitrogens is 2. The smallest absolute Gasteiger partial charge is 0.225 e. The quantitative estimate of drug-likeness (QED) is 0.625. The van der Waals surface area contributed by atoms with Crippen LogP contribution in [0, 0.1) is 13.8 Å². The van der Waals surface area contributed by atoms with E-state index in [0.29, 0.717) is 5.28 Å². The fourth-order valence-corrected chi connectivity index (χ4v) is 4.61. The van der Waals surface area contributed by atoms with Gasteiger partial charge in [0.15, 0.2) is 0 Å². The minimum Gasteiger partial charge on any atom is -0.353 e. The summed E-state index contributed by atoms with van der Waals surface area (Å²) >= 11 is 7.87. The molecule has 0 bridgehead atoms. The zero-order chi connectivity index (χ0) is 17.6. The molecule has 0 unspecified atom stereocenters. The topological polar surface area (TPSA) is 32.3 Å². The van der Waals surface area contributed by atoms with Gasteiger partial charge in [-0.1, -0.05) is 23.8 Å². The van der Waals surface area contributed by atoms with Crippen LogP contribution < -0.4 is 4.90 Å². The predicted octanol–water partition coefficient (Wildman–Crippen LogP) is 4.38. The van der Waals surface area contributed by atoms with Gasteiger partial charge in [0.1, 0.15) is 10.6 Å². The van der Waals surface area contributed by atoms with Crippen LogP contribution in [-0.2, 0) is 0 Å². The third kappa shape index (κ3) is 3.12. The van der Waals surface area contributed by atoms with E-state index in [4.69, 9.17) is 11.6 Å². The summed E-state index contributed by atoms with van der Waals surface area (Å²) in [5, 5.41) is 3.65. The van der Waals surface area contributed by atoms with E-state index in [2.05, 4.69) is 64.2 Å². The first kappa shape index (κ1) is 16.8. The molecular formula is C19H21ClN4S. The molecule has 0 spiro atoms. The van der Waals surface area contributed by atoms with Gasteiger partial charge in [0.2, 0.25) is 5.28 Å². The fourth-order valence-electron chi connectivity index (χ4n) is 3.46. The third-order valence-corrected chi connectivity index (χ3v) is 5.90. The molecule has 3 heterocycles. The Bertz CT molecular complexity index is 929. The van der Waals surface area contributed by atoms with Crippen LogP contribution in [0.4, 0.5) is 5.82 Å². The lowest BCUT2D eigenvalue weighted by Crippen LogP contribution is -2.44. The number of rotatable bonds is 2. The van der Waals surface area contributed by atoms with Gasteiger partial charge in [0.05, 0.1) is 5.39 Å². The van der Waals surface area contributed by atoms with Gasteiger partial charge in [0.25, 0.3) is 0 Å². The molecule has 0 aliphatic carbocycles. The molecule has 130 valence electrons. The molecule has 0 amide bonds. The summed E-state index contributed by atoms with van der Waals surface area (Å²) in [6.45, 7) is 8.28. The van der Waals surface area contributed by atoms with E-state index in [9.17, 15) is 0 Å². The summed E-state index contributed by atoms with van der Waals surface area (Å²) in [4.78, 5) is 14.7. The van der Waals surface area contributed by atoms with Crippen LogP contribution in [0.1, 0.15) is 11.1 Å². The maximum atomic E-state index is 6.23. The molecule has 25 heavy (non-hydrogen) atoms. The third-order valence-electron chi connectivity index (χ3n) is 4.86. The number of benzene rings is 1. The maximum Gasteiger partial charge on any atom is 0.225 e. The van der Waals surface area contributed by atoms with Crippen molar-refractivity contribution in [2.45, 2.75) is 13.8 Å². The fraction of sp³-hybridized carbons (Fsp3) is 0.368. The predicted molar refractivity (Wildman–Crippen MR) is 107 cm³/mol. The van der Waals surface area contributed by atoms with Gasteiger partial charge in [-0.2, -0.15) is 4.98 Å². The number of likely N-dealkylation sites (N-methyl/N-ethyl adjacent to an activating group) is 1. The van der Waals surface area contributed by atoms with Gasteiger partial charge >= 0.3 is 0 Å². The number of piperazine rings is 1. The van der Waals surface area contributed by atoms with Crippen molar-refractivity contribution in [3.8, 4) is 11.1 Å². The average Bonchev–Trinajstić information content (AvgIpc) is 2.98. The second kappa shape index (κ2) is 6.56. The lowest BCUT2D eigenvalue weighted by molar-refractivity contribution is 0.312. The van der Waals surface area contributed by atoms with Gasteiger partial charge < -0.3 is 9.80 Å². The second-order valence-corrected chi connectivity index (χ2v) is 7.95. The summed E-state index contributed by atoms with van der Waals surface area (Å²) in [5.41, 5.74) is 5.01. The molecule has 6 heteroatoms. The van der Waals surface area contributed by atoms with E-state index in [1.807, 2.05) is 0 Å². The van der Waals surface area contributed by atoms with Crippen molar-refractivity contribution in [2.75, 3.05) is 38.1 Å². The first-order chi connectivity index (χ1) is 12.0. The lowest BCUT2D eigenvalue weighted by atomic mass is 9.99. The minimum absolute atomic E-state index is 0.329. The highest BCUT2D eigenvalue weighted by atomic mass is 35.5. The Morgan fingerprint density at radius 2 is 1.80 bits per heavy atom. The van der Waals surface area contributed by atoms with Crippen molar-refractivity contribution < 1.29 is 0 Å². The van der Waals surface area contributed by atoms with Crippen molar-refractivity contribution >= 4 is 39.0 Å². The molecular weight excluding hydrogens is 352 g/mol. The van der Waals surface area contributed by atoms with E-state index in [1.54, 1.807) is 11.3 Å². The molecule has 0 atom stereocenters. The first-order valence-corrected chi connectivity index (χ1v) is 9.74. The van der Waals surface area contributed by atoms with Gasteiger partial charge in [-0.25, -0.2) is 4.98 Å². The Morgan fingerprint density at radius 1 is 1.04 bits per heavy atom. The van der Waals surface area contributed by atoms with Crippen LogP contribution in [-0.4, -0.2) is 48.1 Å². The van der Waals surface area contributed by atoms with E-state index in [1.165, 1.54) is 22.3 Å². The molecule has 1 aliphatic rings. The van der Waals surface area contributed by atoms with Gasteiger partial charge in [-0.05, 0) is 43.6 Å². The van der Waals surface area contributed by atoms with Gasteiger partial charge in [-0.15, -0.1) is 11.3 Å². The SMILES string of the molecule is Cc1ccc(-c2csc3nc(Cl)nc(N4CCN(C)CC4)c23)c(C)c1. The standard InChI is InChI=1S/C19H21ClN4S/c1-12-4-5-14(13(2)10-12)15-11-25-18-16(15)17(21-19(20)22-18)24-8-6-23(3)7-9-24/h4-5,10-11H,6-9H2,1-3H3. The van der Waals surface area contributed by atoms with Crippen LogP contribution >= 0.6 is 22.9 Å². The molecule has 0 N–H and O–H groups in total. The highest BCUT2D eigenvalue weighted by molar-refractivity contribution is 7.17. The number of anilines is 1. The van der Waals surface area contributed by atoms with Crippen LogP contribution in [0.2, 0.25) is 5.28 Å². The Morgan fingerprint density at radius 3 is 2.52 bits per heavy atom. The number of halogens is 1. The molecule has 1 aromatic carbocycles. The molecule has 0 radical (unpaired) electrons. The Labute approximate surface area is 157 Å². The minimum atomic E-state index is 0.329. The van der Waals surface area contributed by atoms with Gasteiger partial charge in [-0.3, -0.25) is 0 Å². The van der Waals surface area contributed by atoms with Crippen LogP contribution in [0.5, 0.6) is 0 Å². The summed E-state index contributed by atoms with van der Waals surface area (Å²) < 4.78 is 0. The normalized spacial score (nSPS) is 15.9. The van der Waals surface area contributed by atoms with Crippen molar-refractivity contribution in [3.05, 3.63) is 40.0 Å². The molecule has 1 saturated heterocycles. The highest BCUT2D eigenvalue weighted by Gasteiger charge is 2.22. The molecule has 4 rings (SSSR count). The van der Waals surface area contributed by atoms with Crippen molar-refractivity contribution in [1.82, 2.24) is 14.9 Å². The number of nitrogens with zero attached hydrogens (tertiary/aromatic N) is 4. The summed E-state index contributed by atoms with van der Waals surface area (Å²) in [7, 11) is 2.16. The number of aryl methyl sites for hydroxylation is 2. The number of hydrogen-bond donors (Lipinski definition) is 0. The molecule has 3 aromatic rings. The van der Waals surface area contributed by atoms with Crippen molar-refractivity contribution in [3.63, 3.8) is 0 Å². The zero-order valence-corrected chi connectivity index (χ0v) is 16.3. The summed E-state index contributed by atoms with van der Waals surface area (Å²) in [6.07, 6.45) is 0. The highest BCUT2D eigenvalue weighted by Crippen LogP contribution is 2.40. The molecule has 1 fully saturated rings. The number of fused-ring (bicyclic) bond motifs is 1. The van der Waals surface area contributed by atoms with E-state index in [0.717, 1.165) is 42.2 Å². The van der Waals surface area contributed by atoms with E-state index in [-0.39, 0.29) is 0 Å². The monoisotopic (exact) mass is 372 g/mol. The molecule has 1 aliphatic heterocycles. The van der Waals surface area contributed by atoms with E-state index >= 15 is 0 Å². The molecule has 0 saturated carbocycles.